The smallest absolute Gasteiger partial charge is 0.257 e. The van der Waals surface area contributed by atoms with Crippen LogP contribution in [0.15, 0.2) is 42.6 Å². The van der Waals surface area contributed by atoms with E-state index in [-0.39, 0.29) is 5.91 Å². The Labute approximate surface area is 152 Å². The second-order valence-electron chi connectivity index (χ2n) is 5.96. The molecule has 1 saturated heterocycles. The van der Waals surface area contributed by atoms with Crippen LogP contribution in [0.4, 0.5) is 11.5 Å². The number of hydrogen-bond donors (Lipinski definition) is 2. The molecule has 0 spiro atoms. The number of carbonyl (C=O) groups excluding carboxylic acids is 1. The maximum absolute atomic E-state index is 12.2. The molecule has 0 unspecified atom stereocenters. The molecule has 1 aromatic carbocycles. The lowest BCUT2D eigenvalue weighted by atomic mass is 10.2. The summed E-state index contributed by atoms with van der Waals surface area (Å²) in [5.41, 5.74) is 1.67. The first-order chi connectivity index (χ1) is 12.7. The largest absolute Gasteiger partial charge is 0.379 e. The molecule has 26 heavy (non-hydrogen) atoms. The second kappa shape index (κ2) is 8.94. The normalized spacial score (nSPS) is 14.4. The Bertz CT molecular complexity index is 762. The summed E-state index contributed by atoms with van der Waals surface area (Å²) in [5, 5.41) is 14.8. The number of pyridine rings is 1. The van der Waals surface area contributed by atoms with Crippen LogP contribution in [0.25, 0.3) is 0 Å². The van der Waals surface area contributed by atoms with Gasteiger partial charge in [-0.3, -0.25) is 9.69 Å². The molecule has 3 rings (SSSR count). The van der Waals surface area contributed by atoms with Crippen molar-refractivity contribution >= 4 is 17.4 Å². The van der Waals surface area contributed by atoms with E-state index >= 15 is 0 Å². The molecule has 7 heteroatoms. The fraction of sp³-hybridized carbons (Fsp3) is 0.316. The molecule has 0 bridgehead atoms. The third-order valence-electron chi connectivity index (χ3n) is 4.14. The van der Waals surface area contributed by atoms with Gasteiger partial charge in [-0.25, -0.2) is 4.98 Å². The van der Waals surface area contributed by atoms with Crippen molar-refractivity contribution in [2.75, 3.05) is 50.0 Å². The molecule has 134 valence electrons. The first-order valence-electron chi connectivity index (χ1n) is 8.56. The lowest BCUT2D eigenvalue weighted by Gasteiger charge is -2.26. The predicted octanol–water partition coefficient (Wildman–Crippen LogP) is 1.95. The van der Waals surface area contributed by atoms with E-state index in [1.165, 1.54) is 0 Å². The van der Waals surface area contributed by atoms with Crippen molar-refractivity contribution in [1.29, 1.82) is 5.26 Å². The van der Waals surface area contributed by atoms with Crippen LogP contribution < -0.4 is 10.6 Å². The highest BCUT2D eigenvalue weighted by atomic mass is 16.5. The van der Waals surface area contributed by atoms with Crippen LogP contribution in [0, 0.1) is 11.3 Å². The Morgan fingerprint density at radius 2 is 1.96 bits per heavy atom. The summed E-state index contributed by atoms with van der Waals surface area (Å²) in [4.78, 5) is 18.9. The van der Waals surface area contributed by atoms with Gasteiger partial charge in [0.05, 0.1) is 30.4 Å². The van der Waals surface area contributed by atoms with E-state index in [4.69, 9.17) is 10.00 Å². The molecule has 7 nitrogen and oxygen atoms in total. The number of ether oxygens (including phenoxy) is 1. The van der Waals surface area contributed by atoms with E-state index < -0.39 is 0 Å². The van der Waals surface area contributed by atoms with Gasteiger partial charge in [-0.15, -0.1) is 0 Å². The van der Waals surface area contributed by atoms with Crippen LogP contribution in [-0.2, 0) is 4.74 Å². The van der Waals surface area contributed by atoms with Crippen LogP contribution in [-0.4, -0.2) is 55.2 Å². The Morgan fingerprint density at radius 1 is 1.19 bits per heavy atom. The van der Waals surface area contributed by atoms with Crippen molar-refractivity contribution in [2.45, 2.75) is 0 Å². The number of benzene rings is 1. The average Bonchev–Trinajstić information content (AvgIpc) is 2.70. The number of rotatable bonds is 6. The highest BCUT2D eigenvalue weighted by Crippen LogP contribution is 2.12. The first-order valence-corrected chi connectivity index (χ1v) is 8.56. The minimum Gasteiger partial charge on any atom is -0.379 e. The van der Waals surface area contributed by atoms with Crippen molar-refractivity contribution in [1.82, 2.24) is 9.88 Å². The zero-order valence-corrected chi connectivity index (χ0v) is 14.4. The fourth-order valence-electron chi connectivity index (χ4n) is 2.63. The van der Waals surface area contributed by atoms with E-state index in [1.54, 1.807) is 42.6 Å². The molecule has 0 aliphatic carbocycles. The van der Waals surface area contributed by atoms with Crippen molar-refractivity contribution in [3.8, 4) is 6.07 Å². The van der Waals surface area contributed by atoms with E-state index in [1.807, 2.05) is 6.07 Å². The van der Waals surface area contributed by atoms with Crippen molar-refractivity contribution < 1.29 is 9.53 Å². The van der Waals surface area contributed by atoms with Crippen LogP contribution in [0.1, 0.15) is 15.9 Å². The Morgan fingerprint density at radius 3 is 2.62 bits per heavy atom. The highest BCUT2D eigenvalue weighted by molar-refractivity contribution is 6.04. The molecule has 2 aromatic rings. The average molecular weight is 351 g/mol. The highest BCUT2D eigenvalue weighted by Gasteiger charge is 2.10. The Hall–Kier alpha value is -2.95. The summed E-state index contributed by atoms with van der Waals surface area (Å²) in [5.74, 6) is 0.509. The summed E-state index contributed by atoms with van der Waals surface area (Å²) < 4.78 is 5.33. The number of morpholine rings is 1. The predicted molar refractivity (Wildman–Crippen MR) is 99.1 cm³/mol. The summed E-state index contributed by atoms with van der Waals surface area (Å²) in [6, 6.07) is 12.3. The summed E-state index contributed by atoms with van der Waals surface area (Å²) in [6.45, 7) is 5.24. The third-order valence-corrected chi connectivity index (χ3v) is 4.14. The molecule has 0 saturated carbocycles. The molecule has 1 aliphatic heterocycles. The molecule has 1 amide bonds. The Kier molecular flexibility index (Phi) is 6.14. The van der Waals surface area contributed by atoms with Crippen LogP contribution in [0.3, 0.4) is 0 Å². The monoisotopic (exact) mass is 351 g/mol. The molecular weight excluding hydrogens is 330 g/mol. The number of hydrogen-bond acceptors (Lipinski definition) is 6. The van der Waals surface area contributed by atoms with Gasteiger partial charge in [0.2, 0.25) is 0 Å². The maximum Gasteiger partial charge on any atom is 0.257 e. The first kappa shape index (κ1) is 17.9. The van der Waals surface area contributed by atoms with E-state index in [2.05, 4.69) is 20.5 Å². The van der Waals surface area contributed by atoms with Gasteiger partial charge in [0.15, 0.2) is 0 Å². The standard InChI is InChI=1S/C19H21N5O2/c20-13-15-1-4-17(5-2-15)23-19(25)16-3-6-18(22-14-16)21-7-8-24-9-11-26-12-10-24/h1-6,14H,7-12H2,(H,21,22)(H,23,25). The number of carbonyl (C=O) groups is 1. The lowest BCUT2D eigenvalue weighted by molar-refractivity contribution is 0.0398. The summed E-state index contributed by atoms with van der Waals surface area (Å²) in [6.07, 6.45) is 1.55. The number of aromatic nitrogens is 1. The molecule has 1 fully saturated rings. The number of nitriles is 1. The molecule has 0 atom stereocenters. The van der Waals surface area contributed by atoms with Gasteiger partial charge in [0, 0.05) is 38.1 Å². The van der Waals surface area contributed by atoms with Gasteiger partial charge in [-0.05, 0) is 36.4 Å². The van der Waals surface area contributed by atoms with E-state index in [0.717, 1.165) is 45.2 Å². The lowest BCUT2D eigenvalue weighted by Crippen LogP contribution is -2.39. The van der Waals surface area contributed by atoms with E-state index in [0.29, 0.717) is 16.8 Å². The van der Waals surface area contributed by atoms with Gasteiger partial charge >= 0.3 is 0 Å². The minimum atomic E-state index is -0.234. The van der Waals surface area contributed by atoms with Crippen LogP contribution in [0.2, 0.25) is 0 Å². The van der Waals surface area contributed by atoms with Gasteiger partial charge < -0.3 is 15.4 Å². The SMILES string of the molecule is N#Cc1ccc(NC(=O)c2ccc(NCCN3CCOCC3)nc2)cc1. The molecule has 0 radical (unpaired) electrons. The topological polar surface area (TPSA) is 90.3 Å². The van der Waals surface area contributed by atoms with Crippen LogP contribution in [0.5, 0.6) is 0 Å². The Balaban J connectivity index is 1.48. The van der Waals surface area contributed by atoms with Gasteiger partial charge in [-0.2, -0.15) is 5.26 Å². The summed E-state index contributed by atoms with van der Waals surface area (Å²) >= 11 is 0. The number of nitrogens with one attached hydrogen (secondary N) is 2. The minimum absolute atomic E-state index is 0.234. The van der Waals surface area contributed by atoms with Crippen LogP contribution >= 0.6 is 0 Å². The van der Waals surface area contributed by atoms with Crippen molar-refractivity contribution in [3.05, 3.63) is 53.7 Å². The third kappa shape index (κ3) is 5.02. The summed E-state index contributed by atoms with van der Waals surface area (Å²) in [7, 11) is 0. The number of anilines is 2. The van der Waals surface area contributed by atoms with Crippen molar-refractivity contribution in [3.63, 3.8) is 0 Å². The van der Waals surface area contributed by atoms with Gasteiger partial charge in [0.25, 0.3) is 5.91 Å². The van der Waals surface area contributed by atoms with Gasteiger partial charge in [-0.1, -0.05) is 0 Å². The number of nitrogens with zero attached hydrogens (tertiary/aromatic N) is 3. The molecule has 2 N–H and O–H groups in total. The van der Waals surface area contributed by atoms with Crippen molar-refractivity contribution in [2.24, 2.45) is 0 Å². The molecule has 2 heterocycles. The quantitative estimate of drug-likeness (QED) is 0.827. The molecule has 1 aliphatic rings. The maximum atomic E-state index is 12.2. The molecular formula is C19H21N5O2. The second-order valence-corrected chi connectivity index (χ2v) is 5.96. The van der Waals surface area contributed by atoms with E-state index in [9.17, 15) is 4.79 Å². The van der Waals surface area contributed by atoms with Gasteiger partial charge in [0.1, 0.15) is 5.82 Å². The zero-order chi connectivity index (χ0) is 18.2. The zero-order valence-electron chi connectivity index (χ0n) is 14.4. The fourth-order valence-corrected chi connectivity index (χ4v) is 2.63. The number of amides is 1. The molecule has 1 aromatic heterocycles.